The van der Waals surface area contributed by atoms with E-state index in [1.165, 1.54) is 25.7 Å². The van der Waals surface area contributed by atoms with Crippen molar-refractivity contribution >= 4 is 5.78 Å². The number of hydrogen-bond acceptors (Lipinski definition) is 3. The topological polar surface area (TPSA) is 32.3 Å². The van der Waals surface area contributed by atoms with Gasteiger partial charge in [-0.2, -0.15) is 0 Å². The molecule has 0 spiro atoms. The van der Waals surface area contributed by atoms with Gasteiger partial charge in [-0.25, -0.2) is 0 Å². The maximum absolute atomic E-state index is 11.5. The predicted molar refractivity (Wildman–Crippen MR) is 83.5 cm³/mol. The third-order valence-electron chi connectivity index (χ3n) is 4.06. The lowest BCUT2D eigenvalue weighted by atomic mass is 9.81. The number of hydrogen-bond donors (Lipinski definition) is 1. The fraction of sp³-hybridized carbons (Fsp3) is 0.938. The summed E-state index contributed by atoms with van der Waals surface area (Å²) in [6.45, 7) is 8.66. The molecule has 0 saturated heterocycles. The number of nitrogens with zero attached hydrogens (tertiary/aromatic N) is 1. The van der Waals surface area contributed by atoms with Crippen molar-refractivity contribution in [1.29, 1.82) is 0 Å². The van der Waals surface area contributed by atoms with E-state index in [2.05, 4.69) is 31.2 Å². The summed E-state index contributed by atoms with van der Waals surface area (Å²) in [4.78, 5) is 13.8. The van der Waals surface area contributed by atoms with Gasteiger partial charge in [-0.15, -0.1) is 0 Å². The van der Waals surface area contributed by atoms with Crippen LogP contribution >= 0.6 is 0 Å². The van der Waals surface area contributed by atoms with Gasteiger partial charge in [-0.1, -0.05) is 20.8 Å². The Bertz CT molecular complexity index is 233. The molecule has 114 valence electrons. The first-order chi connectivity index (χ1) is 9.04. The van der Waals surface area contributed by atoms with Gasteiger partial charge in [0, 0.05) is 6.04 Å². The Kier molecular flexibility index (Phi) is 10.2. The first-order valence-electron chi connectivity index (χ1n) is 7.94. The zero-order valence-corrected chi connectivity index (χ0v) is 13.8. The van der Waals surface area contributed by atoms with Crippen molar-refractivity contribution in [2.75, 3.05) is 20.6 Å². The van der Waals surface area contributed by atoms with Crippen LogP contribution in [0.1, 0.15) is 59.8 Å². The molecule has 1 aliphatic rings. The lowest BCUT2D eigenvalue weighted by Gasteiger charge is -2.33. The highest BCUT2D eigenvalue weighted by molar-refractivity contribution is 5.81. The largest absolute Gasteiger partial charge is 0.308 e. The summed E-state index contributed by atoms with van der Waals surface area (Å²) in [5.41, 5.74) is 0. The van der Waals surface area contributed by atoms with Gasteiger partial charge in [0.15, 0.2) is 0 Å². The van der Waals surface area contributed by atoms with Crippen molar-refractivity contribution in [3.8, 4) is 0 Å². The minimum atomic E-state index is 0.0842. The molecule has 3 heteroatoms. The molecule has 1 saturated carbocycles. The molecule has 1 rings (SSSR count). The molecule has 1 aliphatic carbocycles. The molecule has 0 radical (unpaired) electrons. The Balaban J connectivity index is 0.00000154. The van der Waals surface area contributed by atoms with Gasteiger partial charge < -0.3 is 10.2 Å². The quantitative estimate of drug-likeness (QED) is 0.805. The first kappa shape index (κ1) is 18.6. The van der Waals surface area contributed by atoms with E-state index in [0.29, 0.717) is 5.78 Å². The Hall–Kier alpha value is -0.410. The molecular formula is C16H34N2O. The fourth-order valence-electron chi connectivity index (χ4n) is 2.87. The molecule has 1 atom stereocenters. The zero-order valence-electron chi connectivity index (χ0n) is 13.8. The predicted octanol–water partition coefficient (Wildman–Crippen LogP) is 3.09. The van der Waals surface area contributed by atoms with Crippen LogP contribution in [0.2, 0.25) is 0 Å². The molecule has 0 aromatic carbocycles. The lowest BCUT2D eigenvalue weighted by Crippen LogP contribution is -2.39. The molecule has 0 heterocycles. The van der Waals surface area contributed by atoms with Crippen molar-refractivity contribution in [2.45, 2.75) is 71.9 Å². The molecule has 1 fully saturated rings. The standard InChI is InChI=1S/C14H28N2O.C2H6/c1-5-15-14(11(2)17)10-12-6-8-13(9-7-12)16(3)4;1-2/h12-15H,5-10H2,1-4H3;1-2H3. The van der Waals surface area contributed by atoms with Crippen LogP contribution in [-0.4, -0.2) is 43.4 Å². The van der Waals surface area contributed by atoms with E-state index >= 15 is 0 Å². The summed E-state index contributed by atoms with van der Waals surface area (Å²) in [5, 5.41) is 3.30. The van der Waals surface area contributed by atoms with Crippen LogP contribution in [0.4, 0.5) is 0 Å². The number of nitrogens with one attached hydrogen (secondary N) is 1. The third-order valence-corrected chi connectivity index (χ3v) is 4.06. The van der Waals surface area contributed by atoms with Gasteiger partial charge in [0.25, 0.3) is 0 Å². The highest BCUT2D eigenvalue weighted by atomic mass is 16.1. The van der Waals surface area contributed by atoms with E-state index < -0.39 is 0 Å². The molecule has 1 unspecified atom stereocenters. The Morgan fingerprint density at radius 3 is 2.11 bits per heavy atom. The van der Waals surface area contributed by atoms with Crippen LogP contribution in [-0.2, 0) is 4.79 Å². The molecule has 0 aliphatic heterocycles. The molecular weight excluding hydrogens is 236 g/mol. The Morgan fingerprint density at radius 1 is 1.21 bits per heavy atom. The first-order valence-corrected chi connectivity index (χ1v) is 7.94. The second-order valence-electron chi connectivity index (χ2n) is 5.59. The van der Waals surface area contributed by atoms with Gasteiger partial charge in [-0.3, -0.25) is 4.79 Å². The molecule has 0 aromatic heterocycles. The number of carbonyl (C=O) groups excluding carboxylic acids is 1. The molecule has 19 heavy (non-hydrogen) atoms. The van der Waals surface area contributed by atoms with Gasteiger partial charge in [-0.05, 0) is 65.6 Å². The van der Waals surface area contributed by atoms with Crippen LogP contribution in [0.5, 0.6) is 0 Å². The third kappa shape index (κ3) is 7.07. The fourth-order valence-corrected chi connectivity index (χ4v) is 2.87. The normalized spacial score (nSPS) is 24.6. The Morgan fingerprint density at radius 2 is 1.74 bits per heavy atom. The smallest absolute Gasteiger partial charge is 0.146 e. The van der Waals surface area contributed by atoms with E-state index in [4.69, 9.17) is 0 Å². The van der Waals surface area contributed by atoms with E-state index in [9.17, 15) is 4.79 Å². The van der Waals surface area contributed by atoms with Gasteiger partial charge >= 0.3 is 0 Å². The van der Waals surface area contributed by atoms with Crippen LogP contribution in [0, 0.1) is 5.92 Å². The van der Waals surface area contributed by atoms with E-state index in [0.717, 1.165) is 24.9 Å². The monoisotopic (exact) mass is 270 g/mol. The average Bonchev–Trinajstić information content (AvgIpc) is 2.41. The summed E-state index contributed by atoms with van der Waals surface area (Å²) in [5.74, 6) is 1.03. The van der Waals surface area contributed by atoms with Crippen LogP contribution in [0.3, 0.4) is 0 Å². The molecule has 0 bridgehead atoms. The van der Waals surface area contributed by atoms with Crippen molar-refractivity contribution in [2.24, 2.45) is 5.92 Å². The summed E-state index contributed by atoms with van der Waals surface area (Å²) in [7, 11) is 4.34. The molecule has 0 aromatic rings. The highest BCUT2D eigenvalue weighted by Crippen LogP contribution is 2.29. The van der Waals surface area contributed by atoms with Crippen molar-refractivity contribution in [1.82, 2.24) is 10.2 Å². The number of carbonyl (C=O) groups is 1. The van der Waals surface area contributed by atoms with Crippen molar-refractivity contribution < 1.29 is 4.79 Å². The summed E-state index contributed by atoms with van der Waals surface area (Å²) in [6.07, 6.45) is 6.15. The van der Waals surface area contributed by atoms with Crippen LogP contribution < -0.4 is 5.32 Å². The van der Waals surface area contributed by atoms with Crippen molar-refractivity contribution in [3.05, 3.63) is 0 Å². The minimum absolute atomic E-state index is 0.0842. The van der Waals surface area contributed by atoms with Gasteiger partial charge in [0.1, 0.15) is 5.78 Å². The Labute approximate surface area is 120 Å². The summed E-state index contributed by atoms with van der Waals surface area (Å²) < 4.78 is 0. The SMILES string of the molecule is CC.CCNC(CC1CCC(N(C)C)CC1)C(C)=O. The van der Waals surface area contributed by atoms with Gasteiger partial charge in [0.2, 0.25) is 0 Å². The number of Topliss-reactive ketones (excluding diaryl/α,β-unsaturated/α-hetero) is 1. The van der Waals surface area contributed by atoms with E-state index in [1.54, 1.807) is 6.92 Å². The second-order valence-corrected chi connectivity index (χ2v) is 5.59. The van der Waals surface area contributed by atoms with Gasteiger partial charge in [0.05, 0.1) is 6.04 Å². The van der Waals surface area contributed by atoms with E-state index in [-0.39, 0.29) is 6.04 Å². The molecule has 1 N–H and O–H groups in total. The maximum atomic E-state index is 11.5. The maximum Gasteiger partial charge on any atom is 0.146 e. The number of rotatable bonds is 6. The van der Waals surface area contributed by atoms with Crippen molar-refractivity contribution in [3.63, 3.8) is 0 Å². The lowest BCUT2D eigenvalue weighted by molar-refractivity contribution is -0.119. The zero-order chi connectivity index (χ0) is 14.8. The van der Waals surface area contributed by atoms with Crippen LogP contribution in [0.15, 0.2) is 0 Å². The summed E-state index contributed by atoms with van der Waals surface area (Å²) >= 11 is 0. The highest BCUT2D eigenvalue weighted by Gasteiger charge is 2.25. The average molecular weight is 270 g/mol. The summed E-state index contributed by atoms with van der Waals surface area (Å²) in [6, 6.07) is 0.835. The number of likely N-dealkylation sites (N-methyl/N-ethyl adjacent to an activating group) is 1. The minimum Gasteiger partial charge on any atom is -0.308 e. The number of ketones is 1. The van der Waals surface area contributed by atoms with E-state index in [1.807, 2.05) is 13.8 Å². The molecule has 3 nitrogen and oxygen atoms in total. The van der Waals surface area contributed by atoms with Crippen LogP contribution in [0.25, 0.3) is 0 Å². The molecule has 0 amide bonds. The second kappa shape index (κ2) is 10.4.